The first-order chi connectivity index (χ1) is 7.88. The second kappa shape index (κ2) is 5.54. The number of nitrogens with one attached hydrogen (secondary N) is 1. The fourth-order valence-corrected chi connectivity index (χ4v) is 1.86. The number of nitrogens with zero attached hydrogens (tertiary/aromatic N) is 1. The van der Waals surface area contributed by atoms with Crippen LogP contribution in [0.1, 0.15) is 26.2 Å². The van der Waals surface area contributed by atoms with Gasteiger partial charge in [-0.2, -0.15) is 4.98 Å². The lowest BCUT2D eigenvalue weighted by atomic mass is 10.0. The average Bonchev–Trinajstić information content (AvgIpc) is 2.31. The molecule has 0 amide bonds. The molecule has 1 atom stereocenters. The number of pyridine rings is 1. The van der Waals surface area contributed by atoms with Gasteiger partial charge in [-0.1, -0.05) is 18.2 Å². The smallest absolute Gasteiger partial charge is 0.215 e. The lowest BCUT2D eigenvalue weighted by Crippen LogP contribution is -2.20. The van der Waals surface area contributed by atoms with E-state index < -0.39 is 0 Å². The molecule has 1 heterocycles. The molecule has 1 aromatic rings. The van der Waals surface area contributed by atoms with Crippen LogP contribution < -0.4 is 10.1 Å². The van der Waals surface area contributed by atoms with Gasteiger partial charge in [0, 0.05) is 12.1 Å². The summed E-state index contributed by atoms with van der Waals surface area (Å²) in [6.07, 6.45) is 7.89. The zero-order valence-corrected chi connectivity index (χ0v) is 9.65. The first kappa shape index (κ1) is 11.0. The van der Waals surface area contributed by atoms with Gasteiger partial charge in [-0.05, 0) is 32.3 Å². The first-order valence-electron chi connectivity index (χ1n) is 5.90. The molecule has 0 aliphatic heterocycles. The maximum absolute atomic E-state index is 5.37. The van der Waals surface area contributed by atoms with Crippen LogP contribution in [0.25, 0.3) is 0 Å². The highest BCUT2D eigenvalue weighted by atomic mass is 16.5. The fourth-order valence-electron chi connectivity index (χ4n) is 1.86. The Labute approximate surface area is 96.5 Å². The second-order valence-electron chi connectivity index (χ2n) is 3.92. The zero-order valence-electron chi connectivity index (χ0n) is 9.65. The highest BCUT2D eigenvalue weighted by Gasteiger charge is 2.09. The van der Waals surface area contributed by atoms with Crippen molar-refractivity contribution in [3.63, 3.8) is 0 Å². The van der Waals surface area contributed by atoms with Crippen molar-refractivity contribution in [1.82, 2.24) is 4.98 Å². The summed E-state index contributed by atoms with van der Waals surface area (Å²) < 4.78 is 5.37. The highest BCUT2D eigenvalue weighted by molar-refractivity contribution is 5.38. The molecule has 16 heavy (non-hydrogen) atoms. The van der Waals surface area contributed by atoms with E-state index in [1.54, 1.807) is 0 Å². The number of ether oxygens (including phenoxy) is 1. The number of anilines is 1. The number of rotatable bonds is 4. The predicted molar refractivity (Wildman–Crippen MR) is 65.8 cm³/mol. The van der Waals surface area contributed by atoms with Gasteiger partial charge in [-0.25, -0.2) is 0 Å². The van der Waals surface area contributed by atoms with Crippen LogP contribution in [0, 0.1) is 0 Å². The molecule has 0 radical (unpaired) electrons. The Bertz CT molecular complexity index is 363. The van der Waals surface area contributed by atoms with Gasteiger partial charge in [0.15, 0.2) is 0 Å². The van der Waals surface area contributed by atoms with Gasteiger partial charge < -0.3 is 10.1 Å². The average molecular weight is 218 g/mol. The van der Waals surface area contributed by atoms with Crippen molar-refractivity contribution in [2.75, 3.05) is 11.9 Å². The molecule has 2 rings (SSSR count). The number of allylic oxidation sites excluding steroid dienone is 1. The van der Waals surface area contributed by atoms with Gasteiger partial charge in [-0.15, -0.1) is 0 Å². The van der Waals surface area contributed by atoms with Gasteiger partial charge in [0.25, 0.3) is 0 Å². The van der Waals surface area contributed by atoms with Crippen molar-refractivity contribution < 1.29 is 4.74 Å². The van der Waals surface area contributed by atoms with Gasteiger partial charge in [0.05, 0.1) is 6.61 Å². The van der Waals surface area contributed by atoms with E-state index in [1.807, 2.05) is 25.1 Å². The molecule has 0 fully saturated rings. The largest absolute Gasteiger partial charge is 0.478 e. The Morgan fingerprint density at radius 2 is 2.38 bits per heavy atom. The molecule has 1 aromatic heterocycles. The van der Waals surface area contributed by atoms with Crippen LogP contribution in [0.4, 0.5) is 5.82 Å². The Balaban J connectivity index is 1.97. The SMILES string of the molecule is CCOc1cccc(NC2CC=CCC2)n1. The van der Waals surface area contributed by atoms with E-state index in [2.05, 4.69) is 22.5 Å². The molecule has 1 N–H and O–H groups in total. The molecule has 1 aliphatic rings. The van der Waals surface area contributed by atoms with Crippen LogP contribution in [0.3, 0.4) is 0 Å². The number of hydrogen-bond donors (Lipinski definition) is 1. The topological polar surface area (TPSA) is 34.1 Å². The third-order valence-corrected chi connectivity index (χ3v) is 2.64. The van der Waals surface area contributed by atoms with Gasteiger partial charge in [-0.3, -0.25) is 0 Å². The molecular weight excluding hydrogens is 200 g/mol. The quantitative estimate of drug-likeness (QED) is 0.789. The summed E-state index contributed by atoms with van der Waals surface area (Å²) in [5.74, 6) is 1.60. The summed E-state index contributed by atoms with van der Waals surface area (Å²) in [6.45, 7) is 2.62. The minimum absolute atomic E-state index is 0.509. The summed E-state index contributed by atoms with van der Waals surface area (Å²) in [5.41, 5.74) is 0. The number of aromatic nitrogens is 1. The molecule has 3 heteroatoms. The molecule has 0 spiro atoms. The minimum atomic E-state index is 0.509. The standard InChI is InChI=1S/C13H18N2O/c1-2-16-13-10-6-9-12(15-13)14-11-7-4-3-5-8-11/h3-4,6,9-11H,2,5,7-8H2,1H3,(H,14,15). The summed E-state index contributed by atoms with van der Waals surface area (Å²) >= 11 is 0. The third-order valence-electron chi connectivity index (χ3n) is 2.64. The van der Waals surface area contributed by atoms with Crippen molar-refractivity contribution in [2.45, 2.75) is 32.2 Å². The van der Waals surface area contributed by atoms with Crippen molar-refractivity contribution >= 4 is 5.82 Å². The number of hydrogen-bond acceptors (Lipinski definition) is 3. The Hall–Kier alpha value is -1.51. The molecular formula is C13H18N2O. The Kier molecular flexibility index (Phi) is 3.81. The van der Waals surface area contributed by atoms with Crippen molar-refractivity contribution in [2.24, 2.45) is 0 Å². The molecule has 1 aliphatic carbocycles. The lowest BCUT2D eigenvalue weighted by Gasteiger charge is -2.20. The maximum atomic E-state index is 5.37. The van der Waals surface area contributed by atoms with E-state index in [1.165, 1.54) is 6.42 Å². The van der Waals surface area contributed by atoms with Crippen LogP contribution >= 0.6 is 0 Å². The van der Waals surface area contributed by atoms with Crippen LogP contribution in [0.2, 0.25) is 0 Å². The van der Waals surface area contributed by atoms with Crippen LogP contribution in [0.5, 0.6) is 5.88 Å². The molecule has 0 aromatic carbocycles. The summed E-state index contributed by atoms with van der Waals surface area (Å²) in [5, 5.41) is 3.44. The van der Waals surface area contributed by atoms with Gasteiger partial charge in [0.2, 0.25) is 5.88 Å². The van der Waals surface area contributed by atoms with Crippen LogP contribution in [-0.4, -0.2) is 17.6 Å². The monoisotopic (exact) mass is 218 g/mol. The van der Waals surface area contributed by atoms with Gasteiger partial charge >= 0.3 is 0 Å². The molecule has 3 nitrogen and oxygen atoms in total. The minimum Gasteiger partial charge on any atom is -0.478 e. The molecule has 86 valence electrons. The van der Waals surface area contributed by atoms with Crippen molar-refractivity contribution in [1.29, 1.82) is 0 Å². The van der Waals surface area contributed by atoms with E-state index in [4.69, 9.17) is 4.74 Å². The van der Waals surface area contributed by atoms with E-state index in [-0.39, 0.29) is 0 Å². The summed E-state index contributed by atoms with van der Waals surface area (Å²) in [6, 6.07) is 6.35. The predicted octanol–water partition coefficient (Wildman–Crippen LogP) is 3.00. The third kappa shape index (κ3) is 2.99. The van der Waals surface area contributed by atoms with Crippen LogP contribution in [0.15, 0.2) is 30.4 Å². The first-order valence-corrected chi connectivity index (χ1v) is 5.90. The Morgan fingerprint density at radius 3 is 3.12 bits per heavy atom. The van der Waals surface area contributed by atoms with E-state index in [0.717, 1.165) is 18.7 Å². The van der Waals surface area contributed by atoms with Crippen molar-refractivity contribution in [3.05, 3.63) is 30.4 Å². The molecule has 0 bridgehead atoms. The van der Waals surface area contributed by atoms with E-state index in [0.29, 0.717) is 18.5 Å². The van der Waals surface area contributed by atoms with Gasteiger partial charge in [0.1, 0.15) is 5.82 Å². The summed E-state index contributed by atoms with van der Waals surface area (Å²) in [4.78, 5) is 4.40. The second-order valence-corrected chi connectivity index (χ2v) is 3.92. The van der Waals surface area contributed by atoms with E-state index in [9.17, 15) is 0 Å². The van der Waals surface area contributed by atoms with Crippen molar-refractivity contribution in [3.8, 4) is 5.88 Å². The lowest BCUT2D eigenvalue weighted by molar-refractivity contribution is 0.327. The van der Waals surface area contributed by atoms with Crippen LogP contribution in [-0.2, 0) is 0 Å². The molecule has 0 saturated carbocycles. The summed E-state index contributed by atoms with van der Waals surface area (Å²) in [7, 11) is 0. The molecule has 0 saturated heterocycles. The molecule has 1 unspecified atom stereocenters. The zero-order chi connectivity index (χ0) is 11.2. The fraction of sp³-hybridized carbons (Fsp3) is 0.462. The normalized spacial score (nSPS) is 19.4. The van der Waals surface area contributed by atoms with E-state index >= 15 is 0 Å². The highest BCUT2D eigenvalue weighted by Crippen LogP contribution is 2.17. The maximum Gasteiger partial charge on any atom is 0.215 e. The Morgan fingerprint density at radius 1 is 1.44 bits per heavy atom.